The normalized spacial score (nSPS) is 12.9. The van der Waals surface area contributed by atoms with Crippen LogP contribution >= 0.6 is 11.8 Å². The molecule has 0 saturated heterocycles. The summed E-state index contributed by atoms with van der Waals surface area (Å²) >= 11 is 1.39. The maximum atomic E-state index is 12.8. The van der Waals surface area contributed by atoms with E-state index in [2.05, 4.69) is 9.97 Å². The number of nitrogens with zero attached hydrogens (tertiary/aromatic N) is 3. The van der Waals surface area contributed by atoms with Crippen LogP contribution in [0.15, 0.2) is 28.3 Å². The molecule has 0 unspecified atom stereocenters. The minimum Gasteiger partial charge on any atom is -0.287 e. The number of fused-ring (bicyclic) bond motifs is 1. The topological polar surface area (TPSA) is 47.8 Å². The summed E-state index contributed by atoms with van der Waals surface area (Å²) in [6.07, 6.45) is 3.50. The highest BCUT2D eigenvalue weighted by atomic mass is 32.2. The third-order valence-electron chi connectivity index (χ3n) is 2.49. The van der Waals surface area contributed by atoms with Crippen molar-refractivity contribution in [1.29, 1.82) is 0 Å². The molecular formula is C11H12FN3OS. The molecule has 0 radical (unpaired) electrons. The van der Waals surface area contributed by atoms with Gasteiger partial charge in [-0.2, -0.15) is 0 Å². The first-order valence-corrected chi connectivity index (χ1v) is 6.38. The highest BCUT2D eigenvalue weighted by Crippen LogP contribution is 2.16. The number of thioether (sulfide) groups is 1. The third-order valence-corrected chi connectivity index (χ3v) is 3.05. The summed E-state index contributed by atoms with van der Waals surface area (Å²) in [5.41, 5.74) is 0.246. The molecule has 17 heavy (non-hydrogen) atoms. The zero-order valence-corrected chi connectivity index (χ0v) is 10.4. The molecule has 0 saturated carbocycles. The van der Waals surface area contributed by atoms with E-state index >= 15 is 0 Å². The zero-order valence-electron chi connectivity index (χ0n) is 9.55. The second-order valence-electron chi connectivity index (χ2n) is 3.68. The van der Waals surface area contributed by atoms with Crippen molar-refractivity contribution in [3.05, 3.63) is 28.7 Å². The monoisotopic (exact) mass is 253 g/mol. The number of rotatable bonds is 3. The van der Waals surface area contributed by atoms with E-state index in [9.17, 15) is 9.18 Å². The van der Waals surface area contributed by atoms with Gasteiger partial charge in [-0.25, -0.2) is 14.4 Å². The Balaban J connectivity index is 2.77. The SMILES string of the molecule is CSc1ncc2ccc(=O)n([C@@H](C)CF)c2n1. The molecule has 6 heteroatoms. The van der Waals surface area contributed by atoms with Crippen LogP contribution < -0.4 is 5.56 Å². The maximum Gasteiger partial charge on any atom is 0.252 e. The smallest absolute Gasteiger partial charge is 0.252 e. The lowest BCUT2D eigenvalue weighted by molar-refractivity contribution is 0.376. The first-order chi connectivity index (χ1) is 8.17. The summed E-state index contributed by atoms with van der Waals surface area (Å²) in [7, 11) is 0. The zero-order chi connectivity index (χ0) is 12.4. The first-order valence-electron chi connectivity index (χ1n) is 5.15. The van der Waals surface area contributed by atoms with Crippen LogP contribution in [-0.4, -0.2) is 27.5 Å². The predicted molar refractivity (Wildman–Crippen MR) is 66.3 cm³/mol. The van der Waals surface area contributed by atoms with Crippen molar-refractivity contribution in [2.75, 3.05) is 12.9 Å². The molecule has 0 aromatic carbocycles. The van der Waals surface area contributed by atoms with Gasteiger partial charge >= 0.3 is 0 Å². The van der Waals surface area contributed by atoms with Crippen LogP contribution in [-0.2, 0) is 0 Å². The Morgan fingerprint density at radius 2 is 2.29 bits per heavy atom. The van der Waals surface area contributed by atoms with Crippen molar-refractivity contribution < 1.29 is 4.39 Å². The molecule has 2 heterocycles. The van der Waals surface area contributed by atoms with Gasteiger partial charge < -0.3 is 0 Å². The van der Waals surface area contributed by atoms with Crippen LogP contribution in [0.1, 0.15) is 13.0 Å². The van der Waals surface area contributed by atoms with Crippen molar-refractivity contribution in [1.82, 2.24) is 14.5 Å². The van der Waals surface area contributed by atoms with Gasteiger partial charge in [-0.1, -0.05) is 11.8 Å². The lowest BCUT2D eigenvalue weighted by Gasteiger charge is -2.13. The fourth-order valence-corrected chi connectivity index (χ4v) is 1.95. The van der Waals surface area contributed by atoms with Crippen LogP contribution in [0, 0.1) is 0 Å². The molecule has 0 N–H and O–H groups in total. The Hall–Kier alpha value is -1.43. The summed E-state index contributed by atoms with van der Waals surface area (Å²) in [6, 6.07) is 2.55. The van der Waals surface area contributed by atoms with Crippen LogP contribution in [0.25, 0.3) is 11.0 Å². The average Bonchev–Trinajstić information content (AvgIpc) is 2.37. The molecular weight excluding hydrogens is 241 g/mol. The highest BCUT2D eigenvalue weighted by Gasteiger charge is 2.12. The number of halogens is 1. The Morgan fingerprint density at radius 1 is 1.53 bits per heavy atom. The maximum absolute atomic E-state index is 12.8. The average molecular weight is 253 g/mol. The number of hydrogen-bond acceptors (Lipinski definition) is 4. The van der Waals surface area contributed by atoms with Gasteiger partial charge in [0.05, 0.1) is 6.04 Å². The number of hydrogen-bond donors (Lipinski definition) is 0. The van der Waals surface area contributed by atoms with Gasteiger partial charge in [0.2, 0.25) is 0 Å². The lowest BCUT2D eigenvalue weighted by atomic mass is 10.3. The van der Waals surface area contributed by atoms with Crippen molar-refractivity contribution in [3.63, 3.8) is 0 Å². The highest BCUT2D eigenvalue weighted by molar-refractivity contribution is 7.98. The van der Waals surface area contributed by atoms with Gasteiger partial charge in [0.1, 0.15) is 12.3 Å². The Labute approximate surface area is 102 Å². The van der Waals surface area contributed by atoms with E-state index in [-0.39, 0.29) is 5.56 Å². The summed E-state index contributed by atoms with van der Waals surface area (Å²) in [5, 5.41) is 1.31. The first kappa shape index (κ1) is 12.0. The van der Waals surface area contributed by atoms with E-state index < -0.39 is 12.7 Å². The Kier molecular flexibility index (Phi) is 3.42. The fourth-order valence-electron chi connectivity index (χ4n) is 1.62. The molecule has 0 aliphatic heterocycles. The van der Waals surface area contributed by atoms with Crippen LogP contribution in [0.5, 0.6) is 0 Å². The minimum absolute atomic E-state index is 0.242. The molecule has 0 aliphatic rings. The summed E-state index contributed by atoms with van der Waals surface area (Å²) in [5.74, 6) is 0. The van der Waals surface area contributed by atoms with E-state index in [0.717, 1.165) is 5.39 Å². The molecule has 0 fully saturated rings. The molecule has 2 aromatic heterocycles. The summed E-state index contributed by atoms with van der Waals surface area (Å²) < 4.78 is 14.1. The lowest BCUT2D eigenvalue weighted by Crippen LogP contribution is -2.24. The number of aromatic nitrogens is 3. The van der Waals surface area contributed by atoms with Crippen molar-refractivity contribution >= 4 is 22.8 Å². The molecule has 4 nitrogen and oxygen atoms in total. The van der Waals surface area contributed by atoms with Gasteiger partial charge in [0.15, 0.2) is 5.16 Å². The number of alkyl halides is 1. The third kappa shape index (κ3) is 2.17. The van der Waals surface area contributed by atoms with E-state index in [0.29, 0.717) is 10.8 Å². The van der Waals surface area contributed by atoms with E-state index in [1.165, 1.54) is 22.4 Å². The van der Waals surface area contributed by atoms with Gasteiger partial charge in [0.25, 0.3) is 5.56 Å². The van der Waals surface area contributed by atoms with Crippen molar-refractivity contribution in [2.45, 2.75) is 18.1 Å². The van der Waals surface area contributed by atoms with Crippen LogP contribution in [0.3, 0.4) is 0 Å². The van der Waals surface area contributed by atoms with Crippen LogP contribution in [0.2, 0.25) is 0 Å². The second-order valence-corrected chi connectivity index (χ2v) is 4.45. The van der Waals surface area contributed by atoms with Gasteiger partial charge in [-0.3, -0.25) is 9.36 Å². The van der Waals surface area contributed by atoms with Gasteiger partial charge in [-0.15, -0.1) is 0 Å². The van der Waals surface area contributed by atoms with Crippen LogP contribution in [0.4, 0.5) is 4.39 Å². The predicted octanol–water partition coefficient (Wildman–Crippen LogP) is 2.04. The molecule has 0 spiro atoms. The minimum atomic E-state index is -0.600. The second kappa shape index (κ2) is 4.83. The van der Waals surface area contributed by atoms with E-state index in [1.54, 1.807) is 19.2 Å². The summed E-state index contributed by atoms with van der Waals surface area (Å²) in [4.78, 5) is 20.2. The molecule has 90 valence electrons. The Morgan fingerprint density at radius 3 is 2.94 bits per heavy atom. The molecule has 1 atom stereocenters. The fraction of sp³-hybridized carbons (Fsp3) is 0.364. The van der Waals surface area contributed by atoms with E-state index in [4.69, 9.17) is 0 Å². The molecule has 0 bridgehead atoms. The molecule has 0 aliphatic carbocycles. The van der Waals surface area contributed by atoms with Gasteiger partial charge in [0, 0.05) is 17.6 Å². The standard InChI is InChI=1S/C11H12FN3OS/c1-7(5-12)15-9(16)4-3-8-6-13-11(17-2)14-10(8)15/h3-4,6-7H,5H2,1-2H3/t7-/m0/s1. The van der Waals surface area contributed by atoms with E-state index in [1.807, 2.05) is 6.26 Å². The largest absolute Gasteiger partial charge is 0.287 e. The summed E-state index contributed by atoms with van der Waals surface area (Å²) in [6.45, 7) is 1.05. The van der Waals surface area contributed by atoms with Crippen molar-refractivity contribution in [3.8, 4) is 0 Å². The van der Waals surface area contributed by atoms with Gasteiger partial charge in [-0.05, 0) is 19.2 Å². The molecule has 2 aromatic rings. The molecule has 2 rings (SSSR count). The quantitative estimate of drug-likeness (QED) is 0.620. The Bertz CT molecular complexity index is 599. The number of pyridine rings is 1. The van der Waals surface area contributed by atoms with Crippen molar-refractivity contribution in [2.24, 2.45) is 0 Å². The molecule has 0 amide bonds.